The molecule has 0 radical (unpaired) electrons. The van der Waals surface area contributed by atoms with Gasteiger partial charge in [0, 0.05) is 12.2 Å². The Morgan fingerprint density at radius 1 is 1.12 bits per heavy atom. The maximum absolute atomic E-state index is 11.9. The minimum atomic E-state index is -0.412. The number of hydrogen-bond donors (Lipinski definition) is 0. The Balaban J connectivity index is 1.73. The number of hydrogen-bond acceptors (Lipinski definition) is 6. The molecule has 0 spiro atoms. The topological polar surface area (TPSA) is 81.4 Å². The van der Waals surface area contributed by atoms with Crippen LogP contribution in [0.4, 0.5) is 17.2 Å². The lowest BCUT2D eigenvalue weighted by atomic mass is 9.98. The maximum atomic E-state index is 11.9. The smallest absolute Gasteiger partial charge is 0.373 e. The first-order chi connectivity index (χ1) is 12.7. The monoisotopic (exact) mass is 354 g/mol. The van der Waals surface area contributed by atoms with E-state index < -0.39 is 4.92 Å². The van der Waals surface area contributed by atoms with Gasteiger partial charge in [0.2, 0.25) is 5.82 Å². The molecule has 2 aliphatic rings. The zero-order valence-electron chi connectivity index (χ0n) is 14.6. The summed E-state index contributed by atoms with van der Waals surface area (Å²) in [6, 6.07) is 7.99. The molecular formula is C19H22N4O3. The van der Waals surface area contributed by atoms with E-state index in [1.807, 2.05) is 23.1 Å². The van der Waals surface area contributed by atoms with Gasteiger partial charge in [-0.2, -0.15) is 4.98 Å². The van der Waals surface area contributed by atoms with Crippen LogP contribution in [0.5, 0.6) is 5.88 Å². The number of para-hydroxylation sites is 1. The summed E-state index contributed by atoms with van der Waals surface area (Å²) >= 11 is 0. The highest BCUT2D eigenvalue weighted by molar-refractivity contribution is 5.73. The van der Waals surface area contributed by atoms with Crippen LogP contribution in [-0.2, 0) is 6.42 Å². The van der Waals surface area contributed by atoms with Crippen LogP contribution in [0.25, 0.3) is 0 Å². The summed E-state index contributed by atoms with van der Waals surface area (Å²) in [7, 11) is 0. The highest BCUT2D eigenvalue weighted by atomic mass is 16.6. The first-order valence-electron chi connectivity index (χ1n) is 9.25. The lowest BCUT2D eigenvalue weighted by Crippen LogP contribution is -2.27. The van der Waals surface area contributed by atoms with Gasteiger partial charge < -0.3 is 9.64 Å². The second-order valence-electron chi connectivity index (χ2n) is 6.87. The standard InChI is InChI=1S/C19H22N4O3/c24-23(25)17-18(22-12-6-8-14-7-4-5-11-16(14)22)20-13-21-19(17)26-15-9-2-1-3-10-15/h4-5,7,11,13,15H,1-3,6,8-10,12H2. The van der Waals surface area contributed by atoms with Gasteiger partial charge in [-0.05, 0) is 50.2 Å². The summed E-state index contributed by atoms with van der Waals surface area (Å²) in [5.41, 5.74) is 2.03. The van der Waals surface area contributed by atoms with Crippen molar-refractivity contribution in [1.82, 2.24) is 9.97 Å². The average molecular weight is 354 g/mol. The van der Waals surface area contributed by atoms with Gasteiger partial charge in [-0.1, -0.05) is 24.6 Å². The van der Waals surface area contributed by atoms with Gasteiger partial charge in [0.15, 0.2) is 0 Å². The molecule has 2 heterocycles. The minimum Gasteiger partial charge on any atom is -0.469 e. The Morgan fingerprint density at radius 3 is 2.73 bits per heavy atom. The molecule has 0 amide bonds. The largest absolute Gasteiger partial charge is 0.469 e. The molecule has 1 fully saturated rings. The van der Waals surface area contributed by atoms with E-state index >= 15 is 0 Å². The van der Waals surface area contributed by atoms with Crippen molar-refractivity contribution in [1.29, 1.82) is 0 Å². The van der Waals surface area contributed by atoms with E-state index in [1.54, 1.807) is 0 Å². The number of benzene rings is 1. The molecule has 7 nitrogen and oxygen atoms in total. The van der Waals surface area contributed by atoms with Crippen molar-refractivity contribution in [2.45, 2.75) is 51.0 Å². The van der Waals surface area contributed by atoms with E-state index in [0.29, 0.717) is 12.4 Å². The summed E-state index contributed by atoms with van der Waals surface area (Å²) in [5.74, 6) is 0.415. The molecule has 7 heteroatoms. The maximum Gasteiger partial charge on any atom is 0.373 e. The van der Waals surface area contributed by atoms with E-state index in [2.05, 4.69) is 16.0 Å². The van der Waals surface area contributed by atoms with Crippen LogP contribution in [0.3, 0.4) is 0 Å². The Morgan fingerprint density at radius 2 is 1.92 bits per heavy atom. The summed E-state index contributed by atoms with van der Waals surface area (Å²) in [5, 5.41) is 11.9. The number of nitrogens with zero attached hydrogens (tertiary/aromatic N) is 4. The van der Waals surface area contributed by atoms with Crippen molar-refractivity contribution in [2.75, 3.05) is 11.4 Å². The van der Waals surface area contributed by atoms with Crippen molar-refractivity contribution >= 4 is 17.2 Å². The molecule has 0 bridgehead atoms. The molecule has 4 rings (SSSR count). The number of fused-ring (bicyclic) bond motifs is 1. The molecule has 1 aromatic heterocycles. The average Bonchev–Trinajstić information content (AvgIpc) is 2.68. The first kappa shape index (κ1) is 16.8. The summed E-state index contributed by atoms with van der Waals surface area (Å²) in [6.07, 6.45) is 8.49. The van der Waals surface area contributed by atoms with Gasteiger partial charge >= 0.3 is 5.69 Å². The van der Waals surface area contributed by atoms with Gasteiger partial charge in [0.05, 0.1) is 4.92 Å². The number of anilines is 2. The normalized spacial score (nSPS) is 17.6. The highest BCUT2D eigenvalue weighted by Gasteiger charge is 2.32. The molecule has 1 aromatic carbocycles. The second kappa shape index (κ2) is 7.27. The molecule has 26 heavy (non-hydrogen) atoms. The second-order valence-corrected chi connectivity index (χ2v) is 6.87. The van der Waals surface area contributed by atoms with Crippen LogP contribution < -0.4 is 9.64 Å². The molecule has 0 N–H and O–H groups in total. The van der Waals surface area contributed by atoms with Gasteiger partial charge in [-0.15, -0.1) is 0 Å². The lowest BCUT2D eigenvalue weighted by Gasteiger charge is -2.30. The van der Waals surface area contributed by atoms with Gasteiger partial charge in [-0.3, -0.25) is 10.1 Å². The third kappa shape index (κ3) is 3.21. The summed E-state index contributed by atoms with van der Waals surface area (Å²) in [6.45, 7) is 0.692. The summed E-state index contributed by atoms with van der Waals surface area (Å²) < 4.78 is 5.95. The predicted molar refractivity (Wildman–Crippen MR) is 98.0 cm³/mol. The van der Waals surface area contributed by atoms with Crippen LogP contribution in [0.15, 0.2) is 30.6 Å². The molecule has 0 unspecified atom stereocenters. The van der Waals surface area contributed by atoms with Crippen molar-refractivity contribution in [3.8, 4) is 5.88 Å². The predicted octanol–water partition coefficient (Wildman–Crippen LogP) is 4.18. The quantitative estimate of drug-likeness (QED) is 0.605. The van der Waals surface area contributed by atoms with Crippen LogP contribution >= 0.6 is 0 Å². The highest BCUT2D eigenvalue weighted by Crippen LogP contribution is 2.41. The Labute approximate surface area is 152 Å². The molecular weight excluding hydrogens is 332 g/mol. The Kier molecular flexibility index (Phi) is 4.69. The fourth-order valence-corrected chi connectivity index (χ4v) is 3.89. The van der Waals surface area contributed by atoms with E-state index in [-0.39, 0.29) is 17.7 Å². The fraction of sp³-hybridized carbons (Fsp3) is 0.474. The van der Waals surface area contributed by atoms with E-state index in [0.717, 1.165) is 44.2 Å². The van der Waals surface area contributed by atoms with Gasteiger partial charge in [0.1, 0.15) is 12.4 Å². The number of aryl methyl sites for hydroxylation is 1. The Hall–Kier alpha value is -2.70. The van der Waals surface area contributed by atoms with Crippen LogP contribution in [0.1, 0.15) is 44.1 Å². The zero-order chi connectivity index (χ0) is 17.9. The van der Waals surface area contributed by atoms with Gasteiger partial charge in [0.25, 0.3) is 5.88 Å². The van der Waals surface area contributed by atoms with Gasteiger partial charge in [-0.25, -0.2) is 4.98 Å². The van der Waals surface area contributed by atoms with E-state index in [4.69, 9.17) is 4.74 Å². The minimum absolute atomic E-state index is 0.00107. The van der Waals surface area contributed by atoms with E-state index in [1.165, 1.54) is 18.3 Å². The van der Waals surface area contributed by atoms with Crippen LogP contribution in [-0.4, -0.2) is 27.5 Å². The molecule has 2 aromatic rings. The molecule has 1 aliphatic heterocycles. The third-order valence-corrected chi connectivity index (χ3v) is 5.15. The molecule has 0 atom stereocenters. The number of ether oxygens (including phenoxy) is 1. The third-order valence-electron chi connectivity index (χ3n) is 5.15. The fourth-order valence-electron chi connectivity index (χ4n) is 3.89. The Bertz CT molecular complexity index is 805. The van der Waals surface area contributed by atoms with Crippen LogP contribution in [0.2, 0.25) is 0 Å². The number of nitro groups is 1. The zero-order valence-corrected chi connectivity index (χ0v) is 14.6. The first-order valence-corrected chi connectivity index (χ1v) is 9.25. The molecule has 1 saturated carbocycles. The molecule has 136 valence electrons. The summed E-state index contributed by atoms with van der Waals surface area (Å²) in [4.78, 5) is 21.7. The SMILES string of the molecule is O=[N+]([O-])c1c(OC2CCCCC2)ncnc1N1CCCc2ccccc21. The van der Waals surface area contributed by atoms with E-state index in [9.17, 15) is 10.1 Å². The van der Waals surface area contributed by atoms with Crippen molar-refractivity contribution in [2.24, 2.45) is 0 Å². The number of rotatable bonds is 4. The van der Waals surface area contributed by atoms with Crippen LogP contribution in [0, 0.1) is 10.1 Å². The lowest BCUT2D eigenvalue weighted by molar-refractivity contribution is -0.385. The molecule has 0 saturated heterocycles. The molecule has 1 aliphatic carbocycles. The number of aromatic nitrogens is 2. The van der Waals surface area contributed by atoms with Crippen molar-refractivity contribution in [3.05, 3.63) is 46.3 Å². The van der Waals surface area contributed by atoms with Crippen molar-refractivity contribution in [3.63, 3.8) is 0 Å². The van der Waals surface area contributed by atoms with Crippen molar-refractivity contribution < 1.29 is 9.66 Å².